The zero-order valence-corrected chi connectivity index (χ0v) is 12.2. The van der Waals surface area contributed by atoms with Crippen LogP contribution in [0.2, 0.25) is 0 Å². The summed E-state index contributed by atoms with van der Waals surface area (Å²) in [6, 6.07) is 11.1. The van der Waals surface area contributed by atoms with Crippen molar-refractivity contribution in [2.45, 2.75) is 38.3 Å². The highest BCUT2D eigenvalue weighted by Gasteiger charge is 2.25. The molecule has 4 nitrogen and oxygen atoms in total. The van der Waals surface area contributed by atoms with E-state index < -0.39 is 0 Å². The average Bonchev–Trinajstić information content (AvgIpc) is 3.04. The molecule has 1 unspecified atom stereocenters. The largest absolute Gasteiger partial charge is 0.396 e. The third kappa shape index (κ3) is 3.34. The van der Waals surface area contributed by atoms with Crippen LogP contribution in [0.3, 0.4) is 0 Å². The molecule has 0 saturated heterocycles. The molecule has 0 fully saturated rings. The van der Waals surface area contributed by atoms with Crippen molar-refractivity contribution in [2.24, 2.45) is 0 Å². The molecule has 1 N–H and O–H groups in total. The Morgan fingerprint density at radius 2 is 2.19 bits per heavy atom. The number of benzene rings is 1. The maximum Gasteiger partial charge on any atom is 0.124 e. The molecule has 3 rings (SSSR count). The maximum absolute atomic E-state index is 9.17. The topological polar surface area (TPSA) is 49.5 Å². The Bertz CT molecular complexity index is 554. The van der Waals surface area contributed by atoms with Crippen LogP contribution in [0.25, 0.3) is 0 Å². The molecule has 1 aliphatic carbocycles. The average molecular weight is 286 g/mol. The van der Waals surface area contributed by atoms with Gasteiger partial charge in [-0.15, -0.1) is 0 Å². The van der Waals surface area contributed by atoms with E-state index >= 15 is 0 Å². The van der Waals surface area contributed by atoms with Crippen molar-refractivity contribution in [1.29, 1.82) is 0 Å². The van der Waals surface area contributed by atoms with E-state index in [1.54, 1.807) is 6.26 Å². The van der Waals surface area contributed by atoms with E-state index in [-0.39, 0.29) is 6.61 Å². The molecule has 0 saturated carbocycles. The fourth-order valence-corrected chi connectivity index (χ4v) is 3.25. The number of aliphatic hydroxyl groups is 1. The lowest BCUT2D eigenvalue weighted by molar-refractivity contribution is 0.148. The number of aromatic nitrogens is 1. The van der Waals surface area contributed by atoms with Gasteiger partial charge in [0.05, 0.1) is 5.69 Å². The lowest BCUT2D eigenvalue weighted by atomic mass is 9.86. The fourth-order valence-electron chi connectivity index (χ4n) is 3.25. The van der Waals surface area contributed by atoms with E-state index in [1.165, 1.54) is 30.4 Å². The van der Waals surface area contributed by atoms with E-state index in [9.17, 15) is 5.11 Å². The molecule has 1 aliphatic rings. The Labute approximate surface area is 125 Å². The summed E-state index contributed by atoms with van der Waals surface area (Å²) in [5.74, 6) is 0. The van der Waals surface area contributed by atoms with Crippen LogP contribution in [-0.2, 0) is 13.0 Å². The van der Waals surface area contributed by atoms with Gasteiger partial charge in [0.1, 0.15) is 6.26 Å². The number of hydrogen-bond acceptors (Lipinski definition) is 4. The summed E-state index contributed by atoms with van der Waals surface area (Å²) < 4.78 is 4.95. The Balaban J connectivity index is 1.82. The van der Waals surface area contributed by atoms with E-state index in [2.05, 4.69) is 34.3 Å². The second-order valence-electron chi connectivity index (χ2n) is 5.65. The van der Waals surface area contributed by atoms with Gasteiger partial charge in [-0.3, -0.25) is 4.90 Å². The summed E-state index contributed by atoms with van der Waals surface area (Å²) in [6.07, 6.45) is 5.96. The molecule has 0 radical (unpaired) electrons. The first-order valence-corrected chi connectivity index (χ1v) is 7.70. The number of hydrogen-bond donors (Lipinski definition) is 1. The van der Waals surface area contributed by atoms with Gasteiger partial charge in [-0.2, -0.15) is 0 Å². The van der Waals surface area contributed by atoms with Crippen LogP contribution in [0.1, 0.15) is 42.1 Å². The first-order chi connectivity index (χ1) is 10.4. The molecule has 21 heavy (non-hydrogen) atoms. The van der Waals surface area contributed by atoms with Crippen LogP contribution in [0, 0.1) is 0 Å². The molecule has 1 atom stereocenters. The van der Waals surface area contributed by atoms with Gasteiger partial charge in [-0.05, 0) is 36.8 Å². The fraction of sp³-hybridized carbons (Fsp3) is 0.471. The molecule has 2 aromatic rings. The Kier molecular flexibility index (Phi) is 4.68. The van der Waals surface area contributed by atoms with Crippen LogP contribution in [-0.4, -0.2) is 28.3 Å². The highest BCUT2D eigenvalue weighted by molar-refractivity contribution is 5.32. The van der Waals surface area contributed by atoms with E-state index in [4.69, 9.17) is 4.52 Å². The van der Waals surface area contributed by atoms with Crippen molar-refractivity contribution in [1.82, 2.24) is 10.1 Å². The van der Waals surface area contributed by atoms with Crippen molar-refractivity contribution in [3.8, 4) is 0 Å². The summed E-state index contributed by atoms with van der Waals surface area (Å²) in [7, 11) is 0. The maximum atomic E-state index is 9.17. The summed E-state index contributed by atoms with van der Waals surface area (Å²) >= 11 is 0. The molecule has 1 aromatic carbocycles. The van der Waals surface area contributed by atoms with Crippen LogP contribution in [0.4, 0.5) is 0 Å². The number of nitrogens with zero attached hydrogens (tertiary/aromatic N) is 2. The summed E-state index contributed by atoms with van der Waals surface area (Å²) in [5.41, 5.74) is 3.85. The Hall–Kier alpha value is -1.65. The molecule has 0 spiro atoms. The second-order valence-corrected chi connectivity index (χ2v) is 5.65. The molecule has 112 valence electrons. The standard InChI is InChI=1S/C17H22N2O2/c20-11-4-10-19(13-15-9-12-21-18-15)17-8-3-6-14-5-1-2-7-16(14)17/h1-2,5,7,9,12,17,20H,3-4,6,8,10-11,13H2. The van der Waals surface area contributed by atoms with Crippen LogP contribution in [0.5, 0.6) is 0 Å². The number of aliphatic hydroxyl groups excluding tert-OH is 1. The van der Waals surface area contributed by atoms with Crippen LogP contribution in [0.15, 0.2) is 41.1 Å². The minimum absolute atomic E-state index is 0.226. The first kappa shape index (κ1) is 14.3. The van der Waals surface area contributed by atoms with Crippen molar-refractivity contribution < 1.29 is 9.63 Å². The molecule has 4 heteroatoms. The summed E-state index contributed by atoms with van der Waals surface area (Å²) in [5, 5.41) is 13.2. The minimum Gasteiger partial charge on any atom is -0.396 e. The van der Waals surface area contributed by atoms with Crippen molar-refractivity contribution in [2.75, 3.05) is 13.2 Å². The summed E-state index contributed by atoms with van der Waals surface area (Å²) in [4.78, 5) is 2.42. The third-order valence-corrected chi connectivity index (χ3v) is 4.24. The van der Waals surface area contributed by atoms with E-state index in [0.717, 1.165) is 25.2 Å². The molecule has 0 aliphatic heterocycles. The molecule has 0 amide bonds. The van der Waals surface area contributed by atoms with Crippen molar-refractivity contribution in [3.05, 3.63) is 53.4 Å². The van der Waals surface area contributed by atoms with E-state index in [1.807, 2.05) is 6.07 Å². The zero-order chi connectivity index (χ0) is 14.5. The van der Waals surface area contributed by atoms with Crippen LogP contribution < -0.4 is 0 Å². The van der Waals surface area contributed by atoms with Gasteiger partial charge < -0.3 is 9.63 Å². The molecular formula is C17H22N2O2. The Morgan fingerprint density at radius 3 is 3.00 bits per heavy atom. The van der Waals surface area contributed by atoms with Gasteiger partial charge in [0.25, 0.3) is 0 Å². The Morgan fingerprint density at radius 1 is 1.29 bits per heavy atom. The van der Waals surface area contributed by atoms with Crippen molar-refractivity contribution >= 4 is 0 Å². The number of rotatable bonds is 6. The van der Waals surface area contributed by atoms with Gasteiger partial charge in [-0.25, -0.2) is 0 Å². The first-order valence-electron chi connectivity index (χ1n) is 7.70. The predicted octanol–water partition coefficient (Wildman–Crippen LogP) is 2.94. The van der Waals surface area contributed by atoms with Crippen LogP contribution >= 0.6 is 0 Å². The zero-order valence-electron chi connectivity index (χ0n) is 12.2. The lowest BCUT2D eigenvalue weighted by Gasteiger charge is -2.35. The van der Waals surface area contributed by atoms with Gasteiger partial charge in [0, 0.05) is 31.8 Å². The smallest absolute Gasteiger partial charge is 0.124 e. The normalized spacial score (nSPS) is 17.9. The van der Waals surface area contributed by atoms with Gasteiger partial charge in [0.2, 0.25) is 0 Å². The quantitative estimate of drug-likeness (QED) is 0.887. The van der Waals surface area contributed by atoms with E-state index in [0.29, 0.717) is 6.04 Å². The monoisotopic (exact) mass is 286 g/mol. The minimum atomic E-state index is 0.226. The van der Waals surface area contributed by atoms with Gasteiger partial charge in [-0.1, -0.05) is 29.4 Å². The molecule has 1 heterocycles. The number of fused-ring (bicyclic) bond motifs is 1. The highest BCUT2D eigenvalue weighted by atomic mass is 16.5. The number of aryl methyl sites for hydroxylation is 1. The lowest BCUT2D eigenvalue weighted by Crippen LogP contribution is -2.32. The predicted molar refractivity (Wildman–Crippen MR) is 80.7 cm³/mol. The SMILES string of the molecule is OCCCN(Cc1ccon1)C1CCCc2ccccc21. The highest BCUT2D eigenvalue weighted by Crippen LogP contribution is 2.34. The second kappa shape index (κ2) is 6.87. The van der Waals surface area contributed by atoms with Gasteiger partial charge >= 0.3 is 0 Å². The molecule has 1 aromatic heterocycles. The third-order valence-electron chi connectivity index (χ3n) is 4.24. The van der Waals surface area contributed by atoms with Crippen molar-refractivity contribution in [3.63, 3.8) is 0 Å². The van der Waals surface area contributed by atoms with Gasteiger partial charge in [0.15, 0.2) is 0 Å². The molecule has 0 bridgehead atoms. The molecular weight excluding hydrogens is 264 g/mol. The summed E-state index contributed by atoms with van der Waals surface area (Å²) in [6.45, 7) is 1.88.